The zero-order chi connectivity index (χ0) is 8.27. The molecule has 0 fully saturated rings. The standard InChI is InChI=1S/C10H10N/c1-8(2)9-6-4-5-7-10(9)11-3/h3-7H,1H2,2H3/q+1. The maximum atomic E-state index is 5.17. The molecule has 0 spiro atoms. The first-order valence-electron chi connectivity index (χ1n) is 3.41. The van der Waals surface area contributed by atoms with Gasteiger partial charge in [0, 0.05) is 6.07 Å². The third kappa shape index (κ3) is 1.47. The summed E-state index contributed by atoms with van der Waals surface area (Å²) < 4.78 is 0. The van der Waals surface area contributed by atoms with Crippen LogP contribution in [0.25, 0.3) is 10.4 Å². The Kier molecular flexibility index (Phi) is 2.08. The van der Waals surface area contributed by atoms with Crippen molar-refractivity contribution in [3.05, 3.63) is 41.3 Å². The summed E-state index contributed by atoms with van der Waals surface area (Å²) in [6.45, 7) is 10.9. The zero-order valence-corrected chi connectivity index (χ0v) is 6.54. The van der Waals surface area contributed by atoms with Crippen molar-refractivity contribution in [1.82, 2.24) is 0 Å². The van der Waals surface area contributed by atoms with Crippen molar-refractivity contribution >= 4 is 11.3 Å². The summed E-state index contributed by atoms with van der Waals surface area (Å²) in [4.78, 5) is 3.63. The molecule has 1 rings (SSSR count). The van der Waals surface area contributed by atoms with E-state index in [-0.39, 0.29) is 0 Å². The van der Waals surface area contributed by atoms with Crippen LogP contribution in [-0.2, 0) is 0 Å². The van der Waals surface area contributed by atoms with E-state index in [4.69, 9.17) is 6.57 Å². The fourth-order valence-electron chi connectivity index (χ4n) is 0.947. The Morgan fingerprint density at radius 2 is 2.09 bits per heavy atom. The van der Waals surface area contributed by atoms with E-state index < -0.39 is 0 Å². The van der Waals surface area contributed by atoms with E-state index in [1.54, 1.807) is 0 Å². The van der Waals surface area contributed by atoms with Crippen LogP contribution in [0.1, 0.15) is 12.5 Å². The number of hydrogen-bond donors (Lipinski definition) is 0. The molecule has 54 valence electrons. The predicted octanol–water partition coefficient (Wildman–Crippen LogP) is 3.31. The molecule has 0 unspecified atom stereocenters. The van der Waals surface area contributed by atoms with E-state index >= 15 is 0 Å². The average Bonchev–Trinajstić information content (AvgIpc) is 2.04. The normalized spacial score (nSPS) is 8.73. The van der Waals surface area contributed by atoms with Gasteiger partial charge in [0.25, 0.3) is 6.57 Å². The fourth-order valence-corrected chi connectivity index (χ4v) is 0.947. The van der Waals surface area contributed by atoms with Gasteiger partial charge >= 0.3 is 5.69 Å². The Hall–Kier alpha value is -1.55. The minimum absolute atomic E-state index is 0.792. The van der Waals surface area contributed by atoms with E-state index in [0.717, 1.165) is 16.8 Å². The molecule has 0 heterocycles. The van der Waals surface area contributed by atoms with Crippen LogP contribution < -0.4 is 0 Å². The van der Waals surface area contributed by atoms with Crippen molar-refractivity contribution in [3.63, 3.8) is 0 Å². The van der Waals surface area contributed by atoms with Crippen LogP contribution in [0.5, 0.6) is 0 Å². The number of benzene rings is 1. The molecule has 0 saturated heterocycles. The zero-order valence-electron chi connectivity index (χ0n) is 6.54. The SMILES string of the molecule is C#[N+]c1ccccc1C(=C)C. The first kappa shape index (κ1) is 7.56. The second-order valence-electron chi connectivity index (χ2n) is 2.43. The van der Waals surface area contributed by atoms with Crippen molar-refractivity contribution in [2.75, 3.05) is 0 Å². The average molecular weight is 144 g/mol. The summed E-state index contributed by atoms with van der Waals surface area (Å²) in [6.07, 6.45) is 0. The van der Waals surface area contributed by atoms with E-state index in [1.165, 1.54) is 0 Å². The van der Waals surface area contributed by atoms with Crippen LogP contribution in [0.15, 0.2) is 30.8 Å². The Balaban J connectivity index is 3.26. The highest BCUT2D eigenvalue weighted by Crippen LogP contribution is 2.24. The van der Waals surface area contributed by atoms with Gasteiger partial charge in [0.15, 0.2) is 0 Å². The molecule has 11 heavy (non-hydrogen) atoms. The summed E-state index contributed by atoms with van der Waals surface area (Å²) in [5, 5.41) is 0. The van der Waals surface area contributed by atoms with Gasteiger partial charge in [-0.25, -0.2) is 0 Å². The molecule has 1 aromatic rings. The van der Waals surface area contributed by atoms with Crippen LogP contribution in [0.3, 0.4) is 0 Å². The van der Waals surface area contributed by atoms with Crippen molar-refractivity contribution < 1.29 is 0 Å². The van der Waals surface area contributed by atoms with Gasteiger partial charge in [0.1, 0.15) is 0 Å². The number of nitrogens with zero attached hydrogens (tertiary/aromatic N) is 1. The highest BCUT2D eigenvalue weighted by atomic mass is 14.6. The quantitative estimate of drug-likeness (QED) is 0.569. The van der Waals surface area contributed by atoms with Gasteiger partial charge in [0.05, 0.1) is 5.56 Å². The lowest BCUT2D eigenvalue weighted by Crippen LogP contribution is -1.75. The molecule has 1 aromatic carbocycles. The van der Waals surface area contributed by atoms with Crippen LogP contribution in [0.4, 0.5) is 5.69 Å². The van der Waals surface area contributed by atoms with Gasteiger partial charge in [-0.1, -0.05) is 18.7 Å². The van der Waals surface area contributed by atoms with Crippen molar-refractivity contribution in [1.29, 1.82) is 0 Å². The summed E-state index contributed by atoms with van der Waals surface area (Å²) in [6, 6.07) is 7.66. The molecule has 0 aliphatic rings. The lowest BCUT2D eigenvalue weighted by molar-refractivity contribution is 1.60. The summed E-state index contributed by atoms with van der Waals surface area (Å²) in [5.74, 6) is 0. The molecular weight excluding hydrogens is 134 g/mol. The molecule has 0 saturated carbocycles. The molecule has 0 N–H and O–H groups in total. The minimum atomic E-state index is 0.792. The molecule has 0 aliphatic heterocycles. The van der Waals surface area contributed by atoms with E-state index in [2.05, 4.69) is 11.4 Å². The number of allylic oxidation sites excluding steroid dienone is 1. The number of rotatable bonds is 1. The first-order chi connectivity index (χ1) is 5.25. The third-order valence-corrected chi connectivity index (χ3v) is 1.50. The van der Waals surface area contributed by atoms with Crippen LogP contribution in [0.2, 0.25) is 0 Å². The Morgan fingerprint density at radius 3 is 2.55 bits per heavy atom. The monoisotopic (exact) mass is 144 g/mol. The van der Waals surface area contributed by atoms with E-state index in [0.29, 0.717) is 0 Å². The second-order valence-corrected chi connectivity index (χ2v) is 2.43. The molecule has 1 heteroatoms. The van der Waals surface area contributed by atoms with Gasteiger partial charge in [-0.3, -0.25) is 0 Å². The van der Waals surface area contributed by atoms with Gasteiger partial charge in [-0.2, -0.15) is 0 Å². The fraction of sp³-hybridized carbons (Fsp3) is 0.100. The number of hydrogen-bond acceptors (Lipinski definition) is 0. The Morgan fingerprint density at radius 1 is 1.45 bits per heavy atom. The van der Waals surface area contributed by atoms with Gasteiger partial charge in [0.2, 0.25) is 0 Å². The number of para-hydroxylation sites is 1. The minimum Gasteiger partial charge on any atom is -0.0952 e. The molecule has 0 aromatic heterocycles. The van der Waals surface area contributed by atoms with E-state index in [9.17, 15) is 0 Å². The van der Waals surface area contributed by atoms with Crippen LogP contribution in [0, 0.1) is 6.57 Å². The highest BCUT2D eigenvalue weighted by Gasteiger charge is 2.07. The molecule has 0 bridgehead atoms. The van der Waals surface area contributed by atoms with Gasteiger partial charge in [-0.15, -0.1) is 0 Å². The van der Waals surface area contributed by atoms with Gasteiger partial charge < -0.3 is 0 Å². The topological polar surface area (TPSA) is 4.36 Å². The van der Waals surface area contributed by atoms with Crippen LogP contribution in [-0.4, -0.2) is 0 Å². The largest absolute Gasteiger partial charge is 0.347 e. The lowest BCUT2D eigenvalue weighted by Gasteiger charge is -1.93. The van der Waals surface area contributed by atoms with Crippen molar-refractivity contribution in [2.45, 2.75) is 6.92 Å². The predicted molar refractivity (Wildman–Crippen MR) is 49.1 cm³/mol. The molecular formula is C10H10N+. The third-order valence-electron chi connectivity index (χ3n) is 1.50. The summed E-state index contributed by atoms with van der Waals surface area (Å²) in [7, 11) is 0. The second kappa shape index (κ2) is 3.03. The first-order valence-corrected chi connectivity index (χ1v) is 3.41. The maximum absolute atomic E-state index is 5.17. The summed E-state index contributed by atoms with van der Waals surface area (Å²) >= 11 is 0. The Labute approximate surface area is 66.8 Å². The molecule has 0 amide bonds. The highest BCUT2D eigenvalue weighted by molar-refractivity contribution is 5.74. The Bertz CT molecular complexity index is 318. The molecule has 0 atom stereocenters. The maximum Gasteiger partial charge on any atom is 0.347 e. The smallest absolute Gasteiger partial charge is 0.0952 e. The van der Waals surface area contributed by atoms with Crippen LogP contribution >= 0.6 is 0 Å². The van der Waals surface area contributed by atoms with Crippen molar-refractivity contribution in [3.8, 4) is 6.57 Å². The molecule has 0 aliphatic carbocycles. The lowest BCUT2D eigenvalue weighted by atomic mass is 10.1. The molecule has 1 nitrogen and oxygen atoms in total. The van der Waals surface area contributed by atoms with Gasteiger partial charge in [-0.05, 0) is 23.4 Å². The van der Waals surface area contributed by atoms with E-state index in [1.807, 2.05) is 31.2 Å². The van der Waals surface area contributed by atoms with Crippen molar-refractivity contribution in [2.24, 2.45) is 0 Å². The summed E-state index contributed by atoms with van der Waals surface area (Å²) in [5.41, 5.74) is 2.78. The molecule has 0 radical (unpaired) electrons.